The quantitative estimate of drug-likeness (QED) is 0.0639. The van der Waals surface area contributed by atoms with E-state index in [2.05, 4.69) is 15.6 Å². The molecule has 36 heavy (non-hydrogen) atoms. The van der Waals surface area contributed by atoms with Gasteiger partial charge in [-0.3, -0.25) is 19.4 Å². The number of aliphatic carboxylic acids is 1. The molecule has 3 amide bonds. The monoisotopic (exact) mass is 530 g/mol. The number of hydrogen-bond acceptors (Lipinski definition) is 8. The third-order valence-electron chi connectivity index (χ3n) is 5.93. The van der Waals surface area contributed by atoms with Crippen molar-refractivity contribution in [3.8, 4) is 0 Å². The van der Waals surface area contributed by atoms with Crippen LogP contribution in [0.15, 0.2) is 4.99 Å². The minimum atomic E-state index is -1.13. The molecule has 0 saturated carbocycles. The Morgan fingerprint density at radius 2 is 1.81 bits per heavy atom. The number of nitrogens with two attached hydrogens (primary N) is 4. The molecule has 1 fully saturated rings. The van der Waals surface area contributed by atoms with Crippen LogP contribution in [0.25, 0.3) is 0 Å². The van der Waals surface area contributed by atoms with Gasteiger partial charge in [-0.1, -0.05) is 0 Å². The number of aliphatic imine (C=N–C) groups is 1. The molecule has 4 unspecified atom stereocenters. The lowest BCUT2D eigenvalue weighted by atomic mass is 10.1. The molecule has 13 nitrogen and oxygen atoms in total. The van der Waals surface area contributed by atoms with E-state index < -0.39 is 42.0 Å². The first kappa shape index (κ1) is 31.4. The number of rotatable bonds is 17. The van der Waals surface area contributed by atoms with E-state index in [1.165, 1.54) is 16.7 Å². The fraction of sp³-hybridized carbons (Fsp3) is 0.773. The van der Waals surface area contributed by atoms with Gasteiger partial charge in [-0.15, -0.1) is 0 Å². The highest BCUT2D eigenvalue weighted by molar-refractivity contribution is 7.98. The van der Waals surface area contributed by atoms with E-state index in [9.17, 15) is 24.3 Å². The van der Waals surface area contributed by atoms with Crippen LogP contribution in [0.4, 0.5) is 0 Å². The maximum Gasteiger partial charge on any atom is 0.326 e. The van der Waals surface area contributed by atoms with Crippen LogP contribution < -0.4 is 33.6 Å². The van der Waals surface area contributed by atoms with Gasteiger partial charge in [0, 0.05) is 13.1 Å². The maximum absolute atomic E-state index is 13.4. The number of carboxylic acids is 1. The summed E-state index contributed by atoms with van der Waals surface area (Å²) in [5.74, 6) is -1.90. The molecule has 14 heteroatoms. The van der Waals surface area contributed by atoms with Gasteiger partial charge < -0.3 is 43.6 Å². The molecule has 0 bridgehead atoms. The van der Waals surface area contributed by atoms with Crippen LogP contribution in [-0.2, 0) is 19.2 Å². The fourth-order valence-electron chi connectivity index (χ4n) is 3.94. The summed E-state index contributed by atoms with van der Waals surface area (Å²) in [4.78, 5) is 55.9. The molecule has 1 rings (SSSR count). The largest absolute Gasteiger partial charge is 0.480 e. The van der Waals surface area contributed by atoms with Gasteiger partial charge in [-0.2, -0.15) is 11.8 Å². The number of unbranched alkanes of at least 4 members (excludes halogenated alkanes) is 1. The molecular weight excluding hydrogens is 488 g/mol. The van der Waals surface area contributed by atoms with Gasteiger partial charge in [0.15, 0.2) is 5.96 Å². The Labute approximate surface area is 216 Å². The summed E-state index contributed by atoms with van der Waals surface area (Å²) in [5.41, 5.74) is 22.0. The number of hydrogen-bond donors (Lipinski definition) is 7. The van der Waals surface area contributed by atoms with Crippen molar-refractivity contribution >= 4 is 41.4 Å². The van der Waals surface area contributed by atoms with Gasteiger partial charge in [0.2, 0.25) is 17.7 Å². The molecule has 0 aromatic heterocycles. The molecule has 1 heterocycles. The third kappa shape index (κ3) is 11.0. The number of thioether (sulfide) groups is 1. The van der Waals surface area contributed by atoms with Gasteiger partial charge in [0.05, 0.1) is 6.04 Å². The average Bonchev–Trinajstić information content (AvgIpc) is 3.33. The second-order valence-corrected chi connectivity index (χ2v) is 9.76. The Morgan fingerprint density at radius 3 is 2.42 bits per heavy atom. The summed E-state index contributed by atoms with van der Waals surface area (Å²) >= 11 is 1.53. The van der Waals surface area contributed by atoms with Crippen molar-refractivity contribution in [1.82, 2.24) is 15.5 Å². The van der Waals surface area contributed by atoms with E-state index in [1.807, 2.05) is 6.26 Å². The Kier molecular flexibility index (Phi) is 14.8. The first-order valence-electron chi connectivity index (χ1n) is 12.3. The van der Waals surface area contributed by atoms with Crippen molar-refractivity contribution in [2.24, 2.45) is 27.9 Å². The summed E-state index contributed by atoms with van der Waals surface area (Å²) in [7, 11) is 0. The molecule has 0 aromatic carbocycles. The molecule has 4 atom stereocenters. The van der Waals surface area contributed by atoms with E-state index in [1.54, 1.807) is 0 Å². The molecule has 0 spiro atoms. The smallest absolute Gasteiger partial charge is 0.326 e. The number of nitrogens with zero attached hydrogens (tertiary/aromatic N) is 2. The highest BCUT2D eigenvalue weighted by Crippen LogP contribution is 2.20. The molecule has 0 aromatic rings. The highest BCUT2D eigenvalue weighted by Gasteiger charge is 2.38. The summed E-state index contributed by atoms with van der Waals surface area (Å²) in [5, 5.41) is 14.8. The van der Waals surface area contributed by atoms with E-state index in [4.69, 9.17) is 22.9 Å². The molecule has 1 aliphatic rings. The van der Waals surface area contributed by atoms with Crippen LogP contribution in [0.3, 0.4) is 0 Å². The summed E-state index contributed by atoms with van der Waals surface area (Å²) in [6.07, 6.45) is 5.59. The summed E-state index contributed by atoms with van der Waals surface area (Å²) in [6.45, 7) is 1.12. The number of carbonyl (C=O) groups excluding carboxylic acids is 3. The number of amides is 3. The van der Waals surface area contributed by atoms with E-state index in [0.29, 0.717) is 70.3 Å². The predicted octanol–water partition coefficient (Wildman–Crippen LogP) is -1.71. The van der Waals surface area contributed by atoms with E-state index in [0.717, 1.165) is 0 Å². The van der Waals surface area contributed by atoms with E-state index in [-0.39, 0.29) is 18.3 Å². The summed E-state index contributed by atoms with van der Waals surface area (Å²) in [6, 6.07) is -3.53. The van der Waals surface area contributed by atoms with Gasteiger partial charge in [-0.05, 0) is 69.9 Å². The van der Waals surface area contributed by atoms with Gasteiger partial charge >= 0.3 is 5.97 Å². The number of carboxylic acid groups (broad SMARTS) is 1. The van der Waals surface area contributed by atoms with Crippen LogP contribution in [0.5, 0.6) is 0 Å². The van der Waals surface area contributed by atoms with Crippen molar-refractivity contribution < 1.29 is 24.3 Å². The number of guanidine groups is 1. The van der Waals surface area contributed by atoms with Crippen LogP contribution in [0.1, 0.15) is 51.4 Å². The minimum Gasteiger partial charge on any atom is -0.480 e. The highest BCUT2D eigenvalue weighted by atomic mass is 32.2. The first-order chi connectivity index (χ1) is 17.1. The molecular formula is C22H42N8O5S. The minimum absolute atomic E-state index is 0.0369. The molecule has 206 valence electrons. The molecule has 0 aliphatic carbocycles. The van der Waals surface area contributed by atoms with Gasteiger partial charge in [-0.25, -0.2) is 4.79 Å². The second kappa shape index (κ2) is 17.0. The van der Waals surface area contributed by atoms with Crippen LogP contribution in [-0.4, -0.2) is 95.5 Å². The lowest BCUT2D eigenvalue weighted by Crippen LogP contribution is -2.56. The fourth-order valence-corrected chi connectivity index (χ4v) is 4.42. The normalized spacial score (nSPS) is 17.6. The zero-order valence-corrected chi connectivity index (χ0v) is 21.8. The molecule has 1 saturated heterocycles. The molecule has 11 N–H and O–H groups in total. The van der Waals surface area contributed by atoms with Crippen molar-refractivity contribution in [2.75, 3.05) is 31.6 Å². The van der Waals surface area contributed by atoms with Crippen LogP contribution in [0, 0.1) is 0 Å². The average molecular weight is 531 g/mol. The van der Waals surface area contributed by atoms with Gasteiger partial charge in [0.25, 0.3) is 0 Å². The predicted molar refractivity (Wildman–Crippen MR) is 140 cm³/mol. The maximum atomic E-state index is 13.4. The van der Waals surface area contributed by atoms with Crippen molar-refractivity contribution in [3.05, 3.63) is 0 Å². The molecule has 1 aliphatic heterocycles. The van der Waals surface area contributed by atoms with Crippen molar-refractivity contribution in [1.29, 1.82) is 0 Å². The topological polar surface area (TPSA) is 232 Å². The number of carbonyl (C=O) groups is 4. The third-order valence-corrected chi connectivity index (χ3v) is 6.57. The van der Waals surface area contributed by atoms with Crippen molar-refractivity contribution in [3.63, 3.8) is 0 Å². The number of nitrogens with one attached hydrogen (secondary N) is 2. The van der Waals surface area contributed by atoms with Crippen LogP contribution in [0.2, 0.25) is 0 Å². The van der Waals surface area contributed by atoms with Crippen molar-refractivity contribution in [2.45, 2.75) is 75.5 Å². The SMILES string of the molecule is CSCCC(NC(=O)C(N)CCCN=C(N)N)C(=O)N1CCCC1C(=O)NC(CCCCN)C(=O)O. The standard InChI is InChI=1S/C22H42N8O5S/c1-36-13-9-15(28-18(31)14(24)6-4-11-27-22(25)26)20(33)30-12-5-8-17(30)19(32)29-16(21(34)35)7-2-3-10-23/h14-17H,2-13,23-24H2,1H3,(H,28,31)(H,29,32)(H,34,35)(H4,25,26,27). The van der Waals surface area contributed by atoms with Gasteiger partial charge in [0.1, 0.15) is 18.1 Å². The second-order valence-electron chi connectivity index (χ2n) is 8.77. The Morgan fingerprint density at radius 1 is 1.08 bits per heavy atom. The summed E-state index contributed by atoms with van der Waals surface area (Å²) < 4.78 is 0. The van der Waals surface area contributed by atoms with Crippen LogP contribution >= 0.6 is 11.8 Å². The lowest BCUT2D eigenvalue weighted by Gasteiger charge is -2.30. The zero-order valence-electron chi connectivity index (χ0n) is 21.0. The zero-order chi connectivity index (χ0) is 27.1. The molecule has 0 radical (unpaired) electrons. The van der Waals surface area contributed by atoms with E-state index >= 15 is 0 Å². The first-order valence-corrected chi connectivity index (χ1v) is 13.7. The Hall–Kier alpha value is -2.58. The lowest BCUT2D eigenvalue weighted by molar-refractivity contribution is -0.145. The Bertz CT molecular complexity index is 765. The number of likely N-dealkylation sites (tertiary alicyclic amines) is 1. The Balaban J connectivity index is 2.82.